The van der Waals surface area contributed by atoms with E-state index in [1.165, 1.54) is 4.90 Å². The smallest absolute Gasteiger partial charge is 0.408 e. The highest BCUT2D eigenvalue weighted by molar-refractivity contribution is 5.92. The number of aliphatic carboxylic acids is 1. The molecule has 1 atom stereocenters. The minimum Gasteiger partial charge on any atom is -0.481 e. The number of alkyl carbamates (subject to hydrolysis) is 1. The maximum absolute atomic E-state index is 13.1. The Morgan fingerprint density at radius 1 is 1.06 bits per heavy atom. The van der Waals surface area contributed by atoms with Crippen molar-refractivity contribution < 1.29 is 24.2 Å². The lowest BCUT2D eigenvalue weighted by Gasteiger charge is -2.49. The van der Waals surface area contributed by atoms with Crippen LogP contribution in [-0.4, -0.2) is 53.2 Å². The Hall–Kier alpha value is -3.35. The standard InChI is InChI=1S/C26H30N2O5/c1-4-25(3,22(29)28-15-26(5-2,16-28)23(30)31)27-24(32)33-14-21-19-12-8-6-10-17(19)18-11-7-9-13-20(18)21/h6-13,21H,4-5,14-16H2,1-3H3,(H,27,32)(H,30,31). The van der Waals surface area contributed by atoms with Gasteiger partial charge >= 0.3 is 12.1 Å². The summed E-state index contributed by atoms with van der Waals surface area (Å²) in [5.74, 6) is -1.25. The molecule has 1 saturated heterocycles. The highest BCUT2D eigenvalue weighted by Gasteiger charge is 2.53. The van der Waals surface area contributed by atoms with Crippen LogP contribution in [0.5, 0.6) is 0 Å². The normalized spacial score (nSPS) is 17.8. The van der Waals surface area contributed by atoms with Crippen LogP contribution in [0.1, 0.15) is 50.7 Å². The molecule has 2 N–H and O–H groups in total. The number of ether oxygens (including phenoxy) is 1. The average Bonchev–Trinajstić information content (AvgIpc) is 3.10. The molecule has 1 aliphatic carbocycles. The summed E-state index contributed by atoms with van der Waals surface area (Å²) in [6.45, 7) is 5.74. The molecule has 0 saturated carbocycles. The molecule has 33 heavy (non-hydrogen) atoms. The molecule has 7 nitrogen and oxygen atoms in total. The number of fused-ring (bicyclic) bond motifs is 3. The molecule has 0 aromatic heterocycles. The van der Waals surface area contributed by atoms with E-state index >= 15 is 0 Å². The van der Waals surface area contributed by atoms with Crippen molar-refractivity contribution in [2.24, 2.45) is 5.41 Å². The van der Waals surface area contributed by atoms with E-state index in [1.54, 1.807) is 6.92 Å². The lowest BCUT2D eigenvalue weighted by Crippen LogP contribution is -2.68. The average molecular weight is 451 g/mol. The zero-order chi connectivity index (χ0) is 23.8. The second kappa shape index (κ2) is 8.54. The van der Waals surface area contributed by atoms with Gasteiger partial charge in [0, 0.05) is 19.0 Å². The first-order valence-electron chi connectivity index (χ1n) is 11.4. The van der Waals surface area contributed by atoms with Gasteiger partial charge in [0.15, 0.2) is 0 Å². The Labute approximate surface area is 193 Å². The first kappa shape index (κ1) is 22.8. The molecule has 1 heterocycles. The van der Waals surface area contributed by atoms with E-state index in [0.717, 1.165) is 22.3 Å². The van der Waals surface area contributed by atoms with Crippen molar-refractivity contribution in [2.45, 2.75) is 45.1 Å². The Morgan fingerprint density at radius 2 is 1.61 bits per heavy atom. The Morgan fingerprint density at radius 3 is 2.09 bits per heavy atom. The molecule has 2 aromatic carbocycles. The van der Waals surface area contributed by atoms with Gasteiger partial charge in [0.05, 0.1) is 0 Å². The molecule has 0 radical (unpaired) electrons. The number of hydrogen-bond acceptors (Lipinski definition) is 4. The monoisotopic (exact) mass is 450 g/mol. The van der Waals surface area contributed by atoms with Crippen LogP contribution in [0.15, 0.2) is 48.5 Å². The van der Waals surface area contributed by atoms with Crippen molar-refractivity contribution in [1.82, 2.24) is 10.2 Å². The van der Waals surface area contributed by atoms with Crippen LogP contribution >= 0.6 is 0 Å². The number of nitrogens with one attached hydrogen (secondary N) is 1. The number of amides is 2. The topological polar surface area (TPSA) is 95.9 Å². The highest BCUT2D eigenvalue weighted by atomic mass is 16.5. The summed E-state index contributed by atoms with van der Waals surface area (Å²) in [6.07, 6.45) is 0.156. The number of carbonyl (C=O) groups is 3. The third-order valence-electron chi connectivity index (χ3n) is 7.31. The van der Waals surface area contributed by atoms with Crippen LogP contribution in [0.3, 0.4) is 0 Å². The lowest BCUT2D eigenvalue weighted by molar-refractivity contribution is -0.169. The fourth-order valence-corrected chi connectivity index (χ4v) is 4.84. The minimum atomic E-state index is -1.17. The molecule has 2 aromatic rings. The zero-order valence-corrected chi connectivity index (χ0v) is 19.3. The summed E-state index contributed by atoms with van der Waals surface area (Å²) in [7, 11) is 0. The largest absolute Gasteiger partial charge is 0.481 e. The Bertz CT molecular complexity index is 1050. The van der Waals surface area contributed by atoms with Gasteiger partial charge in [-0.05, 0) is 42.0 Å². The van der Waals surface area contributed by atoms with E-state index in [2.05, 4.69) is 17.4 Å². The van der Waals surface area contributed by atoms with Crippen LogP contribution in [0, 0.1) is 5.41 Å². The molecule has 0 spiro atoms. The van der Waals surface area contributed by atoms with Crippen LogP contribution in [-0.2, 0) is 14.3 Å². The molecular weight excluding hydrogens is 420 g/mol. The van der Waals surface area contributed by atoms with Crippen molar-refractivity contribution >= 4 is 18.0 Å². The fraction of sp³-hybridized carbons (Fsp3) is 0.423. The predicted octanol–water partition coefficient (Wildman–Crippen LogP) is 4.02. The van der Waals surface area contributed by atoms with Gasteiger partial charge in [-0.3, -0.25) is 9.59 Å². The summed E-state index contributed by atoms with van der Waals surface area (Å²) in [6, 6.07) is 16.2. The number of hydrogen-bond donors (Lipinski definition) is 2. The second-order valence-corrected chi connectivity index (χ2v) is 9.24. The van der Waals surface area contributed by atoms with Crippen LogP contribution in [0.2, 0.25) is 0 Å². The van der Waals surface area contributed by atoms with Crippen molar-refractivity contribution in [2.75, 3.05) is 19.7 Å². The van der Waals surface area contributed by atoms with Crippen LogP contribution in [0.25, 0.3) is 11.1 Å². The number of nitrogens with zero attached hydrogens (tertiary/aromatic N) is 1. The van der Waals surface area contributed by atoms with E-state index in [0.29, 0.717) is 12.8 Å². The summed E-state index contributed by atoms with van der Waals surface area (Å²) < 4.78 is 5.60. The molecule has 2 amide bonds. The van der Waals surface area contributed by atoms with Crippen molar-refractivity contribution in [1.29, 1.82) is 0 Å². The summed E-state index contributed by atoms with van der Waals surface area (Å²) in [4.78, 5) is 38.9. The van der Waals surface area contributed by atoms with E-state index < -0.39 is 23.0 Å². The quantitative estimate of drug-likeness (QED) is 0.664. The van der Waals surface area contributed by atoms with Gasteiger partial charge in [0.2, 0.25) is 5.91 Å². The molecule has 0 bridgehead atoms. The molecule has 1 fully saturated rings. The first-order chi connectivity index (χ1) is 15.7. The van der Waals surface area contributed by atoms with Gasteiger partial charge in [-0.25, -0.2) is 4.79 Å². The lowest BCUT2D eigenvalue weighted by atomic mass is 9.76. The molecule has 2 aliphatic rings. The zero-order valence-electron chi connectivity index (χ0n) is 19.3. The van der Waals surface area contributed by atoms with Gasteiger partial charge in [-0.15, -0.1) is 0 Å². The Kier molecular flexibility index (Phi) is 5.91. The summed E-state index contributed by atoms with van der Waals surface area (Å²) in [5, 5.41) is 12.2. The molecule has 1 unspecified atom stereocenters. The van der Waals surface area contributed by atoms with Crippen LogP contribution in [0.4, 0.5) is 4.79 Å². The Balaban J connectivity index is 1.41. The van der Waals surface area contributed by atoms with Crippen molar-refractivity contribution in [3.63, 3.8) is 0 Å². The van der Waals surface area contributed by atoms with Gasteiger partial charge in [-0.1, -0.05) is 62.4 Å². The van der Waals surface area contributed by atoms with Gasteiger partial charge in [0.25, 0.3) is 0 Å². The predicted molar refractivity (Wildman–Crippen MR) is 124 cm³/mol. The maximum Gasteiger partial charge on any atom is 0.408 e. The fourth-order valence-electron chi connectivity index (χ4n) is 4.84. The van der Waals surface area contributed by atoms with Crippen LogP contribution < -0.4 is 5.32 Å². The van der Waals surface area contributed by atoms with E-state index in [9.17, 15) is 19.5 Å². The number of carboxylic acid groups (broad SMARTS) is 1. The molecule has 4 rings (SSSR count). The van der Waals surface area contributed by atoms with Crippen molar-refractivity contribution in [3.8, 4) is 11.1 Å². The number of carboxylic acids is 1. The third-order valence-corrected chi connectivity index (χ3v) is 7.31. The number of carbonyl (C=O) groups excluding carboxylic acids is 2. The molecule has 1 aliphatic heterocycles. The SMILES string of the molecule is CCC1(C(=O)O)CN(C(=O)C(C)(CC)NC(=O)OCC2c3ccccc3-c3ccccc32)C1. The van der Waals surface area contributed by atoms with Crippen molar-refractivity contribution in [3.05, 3.63) is 59.7 Å². The summed E-state index contributed by atoms with van der Waals surface area (Å²) >= 11 is 0. The van der Waals surface area contributed by atoms with E-state index in [4.69, 9.17) is 4.74 Å². The number of rotatable bonds is 7. The molecular formula is C26H30N2O5. The van der Waals surface area contributed by atoms with Gasteiger partial charge in [0.1, 0.15) is 17.6 Å². The number of benzene rings is 2. The van der Waals surface area contributed by atoms with E-state index in [1.807, 2.05) is 50.2 Å². The summed E-state index contributed by atoms with van der Waals surface area (Å²) in [5.41, 5.74) is 2.46. The van der Waals surface area contributed by atoms with E-state index in [-0.39, 0.29) is 31.5 Å². The number of likely N-dealkylation sites (tertiary alicyclic amines) is 1. The first-order valence-corrected chi connectivity index (χ1v) is 11.4. The molecule has 174 valence electrons. The van der Waals surface area contributed by atoms with Gasteiger partial charge < -0.3 is 20.1 Å². The minimum absolute atomic E-state index is 0.0668. The maximum atomic E-state index is 13.1. The highest BCUT2D eigenvalue weighted by Crippen LogP contribution is 2.44. The second-order valence-electron chi connectivity index (χ2n) is 9.24. The van der Waals surface area contributed by atoms with Gasteiger partial charge in [-0.2, -0.15) is 0 Å². The molecule has 7 heteroatoms. The third kappa shape index (κ3) is 3.86.